The van der Waals surface area contributed by atoms with Crippen molar-refractivity contribution in [3.05, 3.63) is 5.82 Å². The molecule has 0 atom stereocenters. The number of nitrogens with one attached hydrogen (secondary N) is 1. The Morgan fingerprint density at radius 3 is 2.93 bits per heavy atom. The third-order valence-electron chi connectivity index (χ3n) is 2.08. The van der Waals surface area contributed by atoms with Crippen LogP contribution in [0, 0.1) is 0 Å². The summed E-state index contributed by atoms with van der Waals surface area (Å²) in [5.74, 6) is 0.941. The molecule has 0 spiro atoms. The average Bonchev–Trinajstić information content (AvgIpc) is 2.66. The number of thiocarbonyl (C=S) groups is 1. The van der Waals surface area contributed by atoms with E-state index in [0.29, 0.717) is 0 Å². The number of rotatable bonds is 6. The maximum Gasteiger partial charge on any atom is 0.151 e. The molecule has 0 aliphatic carbocycles. The van der Waals surface area contributed by atoms with Gasteiger partial charge in [-0.1, -0.05) is 12.2 Å². The van der Waals surface area contributed by atoms with Gasteiger partial charge in [0, 0.05) is 19.5 Å². The van der Waals surface area contributed by atoms with E-state index < -0.39 is 0 Å². The molecule has 15 heavy (non-hydrogen) atoms. The number of hydrogen-bond acceptors (Lipinski definition) is 4. The fraction of sp³-hybridized carbons (Fsp3) is 0.778. The highest BCUT2D eigenvalue weighted by Gasteiger charge is 2.04. The Labute approximate surface area is 95.2 Å². The largest absolute Gasteiger partial charge is 0.380 e. The fourth-order valence-electron chi connectivity index (χ4n) is 1.34. The molecule has 1 rings (SSSR count). The first-order valence-electron chi connectivity index (χ1n) is 5.29. The Morgan fingerprint density at radius 2 is 2.27 bits per heavy atom. The van der Waals surface area contributed by atoms with E-state index in [0.717, 1.165) is 43.2 Å². The summed E-state index contributed by atoms with van der Waals surface area (Å²) >= 11 is 5.14. The van der Waals surface area contributed by atoms with Crippen molar-refractivity contribution in [2.75, 3.05) is 6.54 Å². The maximum absolute atomic E-state index is 5.14. The molecule has 0 radical (unpaired) electrons. The highest BCUT2D eigenvalue weighted by atomic mass is 32.1. The van der Waals surface area contributed by atoms with Crippen molar-refractivity contribution in [1.82, 2.24) is 25.5 Å². The Morgan fingerprint density at radius 1 is 1.47 bits per heavy atom. The summed E-state index contributed by atoms with van der Waals surface area (Å²) in [5, 5.41) is 14.6. The summed E-state index contributed by atoms with van der Waals surface area (Å²) in [6.45, 7) is 5.79. The van der Waals surface area contributed by atoms with Crippen molar-refractivity contribution >= 4 is 17.2 Å². The Balaban J connectivity index is 2.28. The predicted molar refractivity (Wildman–Crippen MR) is 62.7 cm³/mol. The summed E-state index contributed by atoms with van der Waals surface area (Å²) in [5.41, 5.74) is 0. The van der Waals surface area contributed by atoms with Crippen LogP contribution < -0.4 is 5.32 Å². The van der Waals surface area contributed by atoms with Crippen LogP contribution in [0.5, 0.6) is 0 Å². The molecule has 0 aromatic carbocycles. The molecule has 6 heteroatoms. The van der Waals surface area contributed by atoms with Crippen LogP contribution in [0.4, 0.5) is 0 Å². The third-order valence-corrected chi connectivity index (χ3v) is 2.43. The first kappa shape index (κ1) is 12.0. The lowest BCUT2D eigenvalue weighted by molar-refractivity contribution is 0.590. The van der Waals surface area contributed by atoms with Crippen LogP contribution in [0.3, 0.4) is 0 Å². The molecule has 0 saturated heterocycles. The zero-order chi connectivity index (χ0) is 11.1. The summed E-state index contributed by atoms with van der Waals surface area (Å²) in [4.78, 5) is 0.924. The van der Waals surface area contributed by atoms with E-state index in [2.05, 4.69) is 20.8 Å². The highest BCUT2D eigenvalue weighted by Crippen LogP contribution is 2.01. The van der Waals surface area contributed by atoms with Crippen molar-refractivity contribution in [2.45, 2.75) is 39.7 Å². The summed E-state index contributed by atoms with van der Waals surface area (Å²) in [6, 6.07) is 0. The van der Waals surface area contributed by atoms with Crippen LogP contribution in [0.2, 0.25) is 0 Å². The lowest BCUT2D eigenvalue weighted by Gasteiger charge is -2.04. The van der Waals surface area contributed by atoms with Gasteiger partial charge in [-0.05, 0) is 37.1 Å². The van der Waals surface area contributed by atoms with E-state index in [9.17, 15) is 0 Å². The van der Waals surface area contributed by atoms with Gasteiger partial charge in [0.25, 0.3) is 0 Å². The molecule has 1 aromatic heterocycles. The predicted octanol–water partition coefficient (Wildman–Crippen LogP) is 0.953. The van der Waals surface area contributed by atoms with Gasteiger partial charge in [0.1, 0.15) is 0 Å². The molecule has 1 N–H and O–H groups in total. The summed E-state index contributed by atoms with van der Waals surface area (Å²) in [7, 11) is 0. The second kappa shape index (κ2) is 6.44. The molecule has 0 saturated carbocycles. The molecular formula is C9H17N5S. The molecule has 0 aliphatic heterocycles. The van der Waals surface area contributed by atoms with E-state index in [1.54, 1.807) is 0 Å². The smallest absolute Gasteiger partial charge is 0.151 e. The maximum atomic E-state index is 5.14. The van der Waals surface area contributed by atoms with Gasteiger partial charge in [-0.3, -0.25) is 0 Å². The van der Waals surface area contributed by atoms with Crippen molar-refractivity contribution in [1.29, 1.82) is 0 Å². The SMILES string of the molecule is CCNC(=S)CCCc1nnnn1CC. The zero-order valence-corrected chi connectivity index (χ0v) is 10.0. The van der Waals surface area contributed by atoms with Crippen LogP contribution in [0.1, 0.15) is 32.5 Å². The van der Waals surface area contributed by atoms with Crippen LogP contribution in [0.15, 0.2) is 0 Å². The molecule has 0 aliphatic rings. The molecule has 84 valence electrons. The Kier molecular flexibility index (Phi) is 5.17. The number of aryl methyl sites for hydroxylation is 2. The number of hydrogen-bond donors (Lipinski definition) is 1. The van der Waals surface area contributed by atoms with Gasteiger partial charge in [-0.25, -0.2) is 4.68 Å². The van der Waals surface area contributed by atoms with E-state index in [-0.39, 0.29) is 0 Å². The minimum atomic E-state index is 0.819. The van der Waals surface area contributed by atoms with Gasteiger partial charge in [-0.2, -0.15) is 0 Å². The first-order valence-corrected chi connectivity index (χ1v) is 5.70. The van der Waals surface area contributed by atoms with E-state index in [1.165, 1.54) is 0 Å². The van der Waals surface area contributed by atoms with E-state index >= 15 is 0 Å². The summed E-state index contributed by atoms with van der Waals surface area (Å²) < 4.78 is 1.82. The van der Waals surface area contributed by atoms with Gasteiger partial charge >= 0.3 is 0 Å². The Bertz CT molecular complexity index is 309. The minimum Gasteiger partial charge on any atom is -0.380 e. The van der Waals surface area contributed by atoms with Gasteiger partial charge in [0.15, 0.2) is 5.82 Å². The summed E-state index contributed by atoms with van der Waals surface area (Å²) in [6.07, 6.45) is 2.78. The van der Waals surface area contributed by atoms with Crippen molar-refractivity contribution in [3.8, 4) is 0 Å². The molecule has 0 fully saturated rings. The van der Waals surface area contributed by atoms with Gasteiger partial charge in [0.05, 0.1) is 4.99 Å². The third kappa shape index (κ3) is 3.91. The van der Waals surface area contributed by atoms with Crippen LogP contribution in [-0.2, 0) is 13.0 Å². The quantitative estimate of drug-likeness (QED) is 0.733. The van der Waals surface area contributed by atoms with E-state index in [4.69, 9.17) is 12.2 Å². The van der Waals surface area contributed by atoms with E-state index in [1.807, 2.05) is 18.5 Å². The highest BCUT2D eigenvalue weighted by molar-refractivity contribution is 7.80. The lowest BCUT2D eigenvalue weighted by atomic mass is 10.2. The average molecular weight is 227 g/mol. The van der Waals surface area contributed by atoms with Crippen molar-refractivity contribution < 1.29 is 0 Å². The molecule has 1 heterocycles. The molecule has 0 bridgehead atoms. The topological polar surface area (TPSA) is 55.6 Å². The van der Waals surface area contributed by atoms with Crippen molar-refractivity contribution in [2.24, 2.45) is 0 Å². The number of tetrazole rings is 1. The number of nitrogens with zero attached hydrogens (tertiary/aromatic N) is 4. The lowest BCUT2D eigenvalue weighted by Crippen LogP contribution is -2.20. The minimum absolute atomic E-state index is 0.819. The molecule has 0 amide bonds. The Hall–Kier alpha value is -1.04. The fourth-order valence-corrected chi connectivity index (χ4v) is 1.63. The van der Waals surface area contributed by atoms with Crippen LogP contribution in [0.25, 0.3) is 0 Å². The zero-order valence-electron chi connectivity index (χ0n) is 9.23. The first-order chi connectivity index (χ1) is 7.27. The monoisotopic (exact) mass is 227 g/mol. The van der Waals surface area contributed by atoms with Gasteiger partial charge < -0.3 is 5.32 Å². The molecular weight excluding hydrogens is 210 g/mol. The normalized spacial score (nSPS) is 10.3. The van der Waals surface area contributed by atoms with Crippen LogP contribution >= 0.6 is 12.2 Å². The second-order valence-electron chi connectivity index (χ2n) is 3.22. The standard InChI is InChI=1S/C9H17N5S/c1-3-10-9(15)7-5-6-8-11-12-13-14(8)4-2/h3-7H2,1-2H3,(H,10,15). The van der Waals surface area contributed by atoms with Gasteiger partial charge in [-0.15, -0.1) is 5.10 Å². The second-order valence-corrected chi connectivity index (χ2v) is 3.71. The van der Waals surface area contributed by atoms with Gasteiger partial charge in [0.2, 0.25) is 0 Å². The molecule has 0 unspecified atom stereocenters. The van der Waals surface area contributed by atoms with Crippen LogP contribution in [-0.4, -0.2) is 31.7 Å². The molecule has 1 aromatic rings. The number of aromatic nitrogens is 4. The molecule has 5 nitrogen and oxygen atoms in total. The van der Waals surface area contributed by atoms with Crippen molar-refractivity contribution in [3.63, 3.8) is 0 Å².